The minimum Gasteiger partial charge on any atom is -0.380 e. The SMILES string of the molecule is Cc1cccc(-c2onc(N)c2-c2cc(F)cc(F)c2)c1. The van der Waals surface area contributed by atoms with Crippen molar-refractivity contribution in [3.63, 3.8) is 0 Å². The molecule has 0 spiro atoms. The van der Waals surface area contributed by atoms with E-state index in [0.717, 1.165) is 17.2 Å². The molecule has 0 bridgehead atoms. The first-order valence-corrected chi connectivity index (χ1v) is 6.33. The van der Waals surface area contributed by atoms with E-state index < -0.39 is 11.6 Å². The van der Waals surface area contributed by atoms with Gasteiger partial charge in [0.25, 0.3) is 0 Å². The molecule has 2 N–H and O–H groups in total. The van der Waals surface area contributed by atoms with Gasteiger partial charge in [0.1, 0.15) is 11.6 Å². The summed E-state index contributed by atoms with van der Waals surface area (Å²) in [5.74, 6) is -0.876. The summed E-state index contributed by atoms with van der Waals surface area (Å²) in [5.41, 5.74) is 8.26. The second-order valence-electron chi connectivity index (χ2n) is 4.80. The Hall–Kier alpha value is -2.69. The van der Waals surface area contributed by atoms with Gasteiger partial charge in [0.05, 0.1) is 5.56 Å². The summed E-state index contributed by atoms with van der Waals surface area (Å²) in [7, 11) is 0. The number of benzene rings is 2. The van der Waals surface area contributed by atoms with Crippen LogP contribution in [0.15, 0.2) is 47.0 Å². The third kappa shape index (κ3) is 2.50. The van der Waals surface area contributed by atoms with Crippen molar-refractivity contribution >= 4 is 5.82 Å². The normalized spacial score (nSPS) is 10.8. The van der Waals surface area contributed by atoms with Gasteiger partial charge >= 0.3 is 0 Å². The molecule has 0 aliphatic heterocycles. The average Bonchev–Trinajstić information content (AvgIpc) is 2.79. The molecule has 0 radical (unpaired) electrons. The number of nitrogen functional groups attached to an aromatic ring is 1. The molecule has 0 saturated carbocycles. The van der Waals surface area contributed by atoms with Gasteiger partial charge in [-0.3, -0.25) is 0 Å². The summed E-state index contributed by atoms with van der Waals surface area (Å²) in [6.45, 7) is 1.94. The quantitative estimate of drug-likeness (QED) is 0.769. The second kappa shape index (κ2) is 5.01. The maximum absolute atomic E-state index is 13.4. The highest BCUT2D eigenvalue weighted by atomic mass is 19.1. The number of aromatic nitrogens is 1. The first-order valence-electron chi connectivity index (χ1n) is 6.33. The fourth-order valence-corrected chi connectivity index (χ4v) is 2.26. The van der Waals surface area contributed by atoms with Crippen LogP contribution in [0.1, 0.15) is 5.56 Å². The maximum atomic E-state index is 13.4. The van der Waals surface area contributed by atoms with E-state index in [4.69, 9.17) is 10.3 Å². The number of aryl methyl sites for hydroxylation is 1. The van der Waals surface area contributed by atoms with E-state index in [-0.39, 0.29) is 5.82 Å². The summed E-state index contributed by atoms with van der Waals surface area (Å²) in [6.07, 6.45) is 0. The van der Waals surface area contributed by atoms with Crippen LogP contribution in [0.5, 0.6) is 0 Å². The molecule has 3 rings (SSSR count). The number of hydrogen-bond acceptors (Lipinski definition) is 3. The zero-order valence-electron chi connectivity index (χ0n) is 11.2. The summed E-state index contributed by atoms with van der Waals surface area (Å²) >= 11 is 0. The number of hydrogen-bond donors (Lipinski definition) is 1. The van der Waals surface area contributed by atoms with E-state index in [9.17, 15) is 8.78 Å². The molecule has 0 amide bonds. The lowest BCUT2D eigenvalue weighted by molar-refractivity contribution is 0.436. The Morgan fingerprint density at radius 2 is 1.71 bits per heavy atom. The van der Waals surface area contributed by atoms with E-state index in [1.807, 2.05) is 31.2 Å². The minimum absolute atomic E-state index is 0.0940. The lowest BCUT2D eigenvalue weighted by Gasteiger charge is -2.04. The predicted octanol–water partition coefficient (Wildman–Crippen LogP) is 4.18. The zero-order chi connectivity index (χ0) is 15.0. The molecule has 2 aromatic carbocycles. The Kier molecular flexibility index (Phi) is 3.17. The van der Waals surface area contributed by atoms with E-state index >= 15 is 0 Å². The Morgan fingerprint density at radius 3 is 2.38 bits per heavy atom. The van der Waals surface area contributed by atoms with Gasteiger partial charge in [0.2, 0.25) is 0 Å². The molecule has 0 atom stereocenters. The van der Waals surface area contributed by atoms with Crippen molar-refractivity contribution in [2.24, 2.45) is 0 Å². The molecular formula is C16H12F2N2O. The molecule has 3 aromatic rings. The van der Waals surface area contributed by atoms with Gasteiger partial charge in [-0.15, -0.1) is 0 Å². The molecule has 0 aliphatic carbocycles. The molecule has 0 saturated heterocycles. The third-order valence-electron chi connectivity index (χ3n) is 3.15. The average molecular weight is 286 g/mol. The fourth-order valence-electron chi connectivity index (χ4n) is 2.26. The van der Waals surface area contributed by atoms with E-state index in [2.05, 4.69) is 5.16 Å². The molecule has 106 valence electrons. The summed E-state index contributed by atoms with van der Waals surface area (Å²) in [5, 5.41) is 3.72. The minimum atomic E-state index is -0.680. The summed E-state index contributed by atoms with van der Waals surface area (Å²) < 4.78 is 32.1. The van der Waals surface area contributed by atoms with Gasteiger partial charge < -0.3 is 10.3 Å². The van der Waals surface area contributed by atoms with Crippen LogP contribution < -0.4 is 5.73 Å². The van der Waals surface area contributed by atoms with Crippen molar-refractivity contribution in [1.29, 1.82) is 0 Å². The number of anilines is 1. The van der Waals surface area contributed by atoms with Crippen LogP contribution in [-0.4, -0.2) is 5.16 Å². The van der Waals surface area contributed by atoms with Crippen LogP contribution in [0, 0.1) is 18.6 Å². The largest absolute Gasteiger partial charge is 0.380 e. The van der Waals surface area contributed by atoms with E-state index in [1.165, 1.54) is 12.1 Å². The van der Waals surface area contributed by atoms with Crippen molar-refractivity contribution in [3.05, 3.63) is 59.7 Å². The highest BCUT2D eigenvalue weighted by molar-refractivity contribution is 5.86. The van der Waals surface area contributed by atoms with E-state index in [0.29, 0.717) is 16.9 Å². The number of halogens is 2. The Labute approximate surface area is 120 Å². The Morgan fingerprint density at radius 1 is 1.00 bits per heavy atom. The van der Waals surface area contributed by atoms with Gasteiger partial charge in [-0.1, -0.05) is 28.9 Å². The summed E-state index contributed by atoms with van der Waals surface area (Å²) in [4.78, 5) is 0. The highest BCUT2D eigenvalue weighted by Crippen LogP contribution is 2.37. The lowest BCUT2D eigenvalue weighted by atomic mass is 10.0. The molecule has 5 heteroatoms. The van der Waals surface area contributed by atoms with E-state index in [1.54, 1.807) is 0 Å². The standard InChI is InChI=1S/C16H12F2N2O/c1-9-3-2-4-10(5-9)15-14(16(19)20-21-15)11-6-12(17)8-13(18)7-11/h2-8H,1H3,(H2,19,20). The smallest absolute Gasteiger partial charge is 0.176 e. The van der Waals surface area contributed by atoms with Crippen LogP contribution in [0.25, 0.3) is 22.5 Å². The van der Waals surface area contributed by atoms with Crippen molar-refractivity contribution in [2.75, 3.05) is 5.73 Å². The molecule has 21 heavy (non-hydrogen) atoms. The van der Waals surface area contributed by atoms with Crippen molar-refractivity contribution in [1.82, 2.24) is 5.16 Å². The van der Waals surface area contributed by atoms with Crippen molar-refractivity contribution in [3.8, 4) is 22.5 Å². The van der Waals surface area contributed by atoms with Crippen LogP contribution in [0.4, 0.5) is 14.6 Å². The molecule has 0 fully saturated rings. The number of nitrogens with two attached hydrogens (primary N) is 1. The molecule has 0 aliphatic rings. The van der Waals surface area contributed by atoms with Crippen LogP contribution in [-0.2, 0) is 0 Å². The van der Waals surface area contributed by atoms with Gasteiger partial charge in [-0.2, -0.15) is 0 Å². The number of rotatable bonds is 2. The van der Waals surface area contributed by atoms with Crippen LogP contribution in [0.2, 0.25) is 0 Å². The molecule has 1 aromatic heterocycles. The van der Waals surface area contributed by atoms with Gasteiger partial charge in [-0.05, 0) is 30.7 Å². The first kappa shape index (κ1) is 13.3. The number of nitrogens with zero attached hydrogens (tertiary/aromatic N) is 1. The van der Waals surface area contributed by atoms with Gasteiger partial charge in [-0.25, -0.2) is 8.78 Å². The zero-order valence-corrected chi connectivity index (χ0v) is 11.2. The van der Waals surface area contributed by atoms with Crippen LogP contribution >= 0.6 is 0 Å². The predicted molar refractivity (Wildman–Crippen MR) is 76.4 cm³/mol. The third-order valence-corrected chi connectivity index (χ3v) is 3.15. The molecule has 0 unspecified atom stereocenters. The molecule has 3 nitrogen and oxygen atoms in total. The molecular weight excluding hydrogens is 274 g/mol. The highest BCUT2D eigenvalue weighted by Gasteiger charge is 2.19. The van der Waals surface area contributed by atoms with Gasteiger partial charge in [0.15, 0.2) is 11.6 Å². The first-order chi connectivity index (χ1) is 10.0. The molecule has 1 heterocycles. The summed E-state index contributed by atoms with van der Waals surface area (Å²) in [6, 6.07) is 10.7. The fraction of sp³-hybridized carbons (Fsp3) is 0.0625. The van der Waals surface area contributed by atoms with Crippen molar-refractivity contribution < 1.29 is 13.3 Å². The maximum Gasteiger partial charge on any atom is 0.176 e. The Balaban J connectivity index is 2.22. The Bertz CT molecular complexity index is 792. The van der Waals surface area contributed by atoms with Gasteiger partial charge in [0, 0.05) is 11.6 Å². The lowest BCUT2D eigenvalue weighted by Crippen LogP contribution is -1.91. The topological polar surface area (TPSA) is 52.0 Å². The second-order valence-corrected chi connectivity index (χ2v) is 4.80. The van der Waals surface area contributed by atoms with Crippen molar-refractivity contribution in [2.45, 2.75) is 6.92 Å². The van der Waals surface area contributed by atoms with Crippen LogP contribution in [0.3, 0.4) is 0 Å². The monoisotopic (exact) mass is 286 g/mol.